The molecule has 2 saturated carbocycles. The first-order chi connectivity index (χ1) is 12.2. The fourth-order valence-corrected chi connectivity index (χ4v) is 5.96. The Labute approximate surface area is 158 Å². The predicted molar refractivity (Wildman–Crippen MR) is 105 cm³/mol. The van der Waals surface area contributed by atoms with Crippen molar-refractivity contribution in [3.8, 4) is 0 Å². The van der Waals surface area contributed by atoms with E-state index < -0.39 is 11.6 Å². The van der Waals surface area contributed by atoms with Gasteiger partial charge in [0.1, 0.15) is 0 Å². The van der Waals surface area contributed by atoms with Crippen molar-refractivity contribution < 1.29 is 8.78 Å². The van der Waals surface area contributed by atoms with Crippen molar-refractivity contribution in [3.63, 3.8) is 0 Å². The summed E-state index contributed by atoms with van der Waals surface area (Å²) in [4.78, 5) is 0. The summed E-state index contributed by atoms with van der Waals surface area (Å²) in [6, 6.07) is 4.64. The first-order valence-corrected chi connectivity index (χ1v) is 10.7. The maximum Gasteiger partial charge on any atom is 0.162 e. The van der Waals surface area contributed by atoms with Crippen LogP contribution in [0.4, 0.5) is 8.78 Å². The van der Waals surface area contributed by atoms with Gasteiger partial charge in [0.05, 0.1) is 0 Å². The second kappa shape index (κ2) is 7.60. The molecule has 1 aromatic rings. The number of halogens is 2. The molecule has 2 heteroatoms. The molecule has 3 rings (SSSR count). The molecule has 0 amide bonds. The Morgan fingerprint density at radius 3 is 1.88 bits per heavy atom. The van der Waals surface area contributed by atoms with Gasteiger partial charge in [0.2, 0.25) is 0 Å². The highest BCUT2D eigenvalue weighted by molar-refractivity contribution is 5.27. The van der Waals surface area contributed by atoms with Crippen LogP contribution in [0.2, 0.25) is 0 Å². The lowest BCUT2D eigenvalue weighted by atomic mass is 9.57. The molecule has 26 heavy (non-hydrogen) atoms. The lowest BCUT2D eigenvalue weighted by Crippen LogP contribution is -2.39. The van der Waals surface area contributed by atoms with E-state index in [1.165, 1.54) is 51.0 Å². The van der Waals surface area contributed by atoms with Gasteiger partial charge in [-0.1, -0.05) is 59.1 Å². The van der Waals surface area contributed by atoms with E-state index in [1.807, 2.05) is 0 Å². The smallest absolute Gasteiger partial charge is 0.162 e. The molecule has 0 unspecified atom stereocenters. The van der Waals surface area contributed by atoms with E-state index in [1.54, 1.807) is 12.1 Å². The third-order valence-corrected chi connectivity index (χ3v) is 8.10. The molecule has 0 atom stereocenters. The van der Waals surface area contributed by atoms with Crippen molar-refractivity contribution in [2.24, 2.45) is 23.2 Å². The molecule has 0 radical (unpaired) electrons. The minimum Gasteiger partial charge on any atom is -0.204 e. The van der Waals surface area contributed by atoms with Crippen LogP contribution >= 0.6 is 0 Å². The molecule has 0 aliphatic heterocycles. The fraction of sp³-hybridized carbons (Fsp3) is 0.750. The predicted octanol–water partition coefficient (Wildman–Crippen LogP) is 7.66. The van der Waals surface area contributed by atoms with E-state index in [2.05, 4.69) is 27.7 Å². The van der Waals surface area contributed by atoms with Gasteiger partial charge in [-0.3, -0.25) is 0 Å². The first kappa shape index (κ1) is 19.8. The third-order valence-electron chi connectivity index (χ3n) is 8.10. The number of rotatable bonds is 4. The summed E-state index contributed by atoms with van der Waals surface area (Å²) in [5.74, 6) is 0.698. The highest BCUT2D eigenvalue weighted by Crippen LogP contribution is 2.51. The normalized spacial score (nSPS) is 26.1. The minimum absolute atomic E-state index is 0.313. The van der Waals surface area contributed by atoms with Crippen molar-refractivity contribution in [1.29, 1.82) is 0 Å². The number of benzene rings is 1. The van der Waals surface area contributed by atoms with Crippen LogP contribution in [-0.2, 0) is 5.41 Å². The fourth-order valence-electron chi connectivity index (χ4n) is 5.96. The highest BCUT2D eigenvalue weighted by atomic mass is 19.2. The highest BCUT2D eigenvalue weighted by Gasteiger charge is 2.42. The van der Waals surface area contributed by atoms with Crippen LogP contribution in [0.25, 0.3) is 0 Å². The van der Waals surface area contributed by atoms with E-state index in [-0.39, 0.29) is 5.41 Å². The van der Waals surface area contributed by atoms with Crippen LogP contribution in [0.5, 0.6) is 0 Å². The molecule has 0 saturated heterocycles. The zero-order chi connectivity index (χ0) is 18.9. The topological polar surface area (TPSA) is 0 Å². The molecule has 1 aromatic carbocycles. The van der Waals surface area contributed by atoms with Crippen LogP contribution < -0.4 is 0 Å². The van der Waals surface area contributed by atoms with E-state index in [4.69, 9.17) is 0 Å². The molecule has 146 valence electrons. The Hall–Kier alpha value is -0.920. The molecule has 2 fully saturated rings. The Kier molecular flexibility index (Phi) is 5.80. The van der Waals surface area contributed by atoms with E-state index in [9.17, 15) is 8.78 Å². The molecule has 0 nitrogen and oxygen atoms in total. The summed E-state index contributed by atoms with van der Waals surface area (Å²) in [6.07, 6.45) is 11.7. The zero-order valence-electron chi connectivity index (χ0n) is 17.1. The number of hydrogen-bond acceptors (Lipinski definition) is 0. The van der Waals surface area contributed by atoms with E-state index >= 15 is 0 Å². The second-order valence-corrected chi connectivity index (χ2v) is 10.0. The Balaban J connectivity index is 1.68. The van der Waals surface area contributed by atoms with E-state index in [0.29, 0.717) is 16.9 Å². The molecular weight excluding hydrogens is 326 g/mol. The third kappa shape index (κ3) is 3.71. The van der Waals surface area contributed by atoms with Gasteiger partial charge < -0.3 is 0 Å². The second-order valence-electron chi connectivity index (χ2n) is 10.0. The molecule has 0 aromatic heterocycles. The maximum atomic E-state index is 14.4. The van der Waals surface area contributed by atoms with Gasteiger partial charge in [0.15, 0.2) is 11.6 Å². The van der Waals surface area contributed by atoms with Gasteiger partial charge >= 0.3 is 0 Å². The molecule has 0 spiro atoms. The summed E-state index contributed by atoms with van der Waals surface area (Å²) < 4.78 is 28.1. The van der Waals surface area contributed by atoms with Crippen molar-refractivity contribution >= 4 is 0 Å². The van der Waals surface area contributed by atoms with Crippen molar-refractivity contribution in [2.45, 2.75) is 90.9 Å². The summed E-state index contributed by atoms with van der Waals surface area (Å²) in [5.41, 5.74) is 0.652. The average Bonchev–Trinajstić information content (AvgIpc) is 2.64. The van der Waals surface area contributed by atoms with Crippen molar-refractivity contribution in [3.05, 3.63) is 35.4 Å². The number of hydrogen-bond donors (Lipinski definition) is 0. The quantitative estimate of drug-likeness (QED) is 0.516. The average molecular weight is 363 g/mol. The molecular formula is C24H36F2. The van der Waals surface area contributed by atoms with Crippen molar-refractivity contribution in [2.75, 3.05) is 0 Å². The Bertz CT molecular complexity index is 603. The van der Waals surface area contributed by atoms with Gasteiger partial charge in [-0.15, -0.1) is 0 Å². The SMILES string of the molecule is CC(C)(c1cccc(F)c1F)C1CCC(C(C)(C)C2CCCCC2)CC1. The monoisotopic (exact) mass is 362 g/mol. The van der Waals surface area contributed by atoms with Crippen LogP contribution in [0.15, 0.2) is 18.2 Å². The summed E-state index contributed by atoms with van der Waals surface area (Å²) in [6.45, 7) is 9.18. The molecule has 2 aliphatic carbocycles. The molecule has 2 aliphatic rings. The van der Waals surface area contributed by atoms with Crippen molar-refractivity contribution in [1.82, 2.24) is 0 Å². The Morgan fingerprint density at radius 1 is 0.731 bits per heavy atom. The molecule has 0 heterocycles. The standard InChI is InChI=1S/C24H36F2/c1-23(2,17-9-6-5-7-10-17)18-13-15-19(16-14-18)24(3,4)20-11-8-12-21(25)22(20)26/h8,11-12,17-19H,5-7,9-10,13-16H2,1-4H3. The summed E-state index contributed by atoms with van der Waals surface area (Å²) >= 11 is 0. The van der Waals surface area contributed by atoms with Gasteiger partial charge in [-0.25, -0.2) is 8.78 Å². The van der Waals surface area contributed by atoms with E-state index in [0.717, 1.165) is 24.7 Å². The van der Waals surface area contributed by atoms with Crippen LogP contribution in [0.3, 0.4) is 0 Å². The van der Waals surface area contributed by atoms with Gasteiger partial charge in [-0.05, 0) is 78.7 Å². The summed E-state index contributed by atoms with van der Waals surface area (Å²) in [5, 5.41) is 0. The minimum atomic E-state index is -0.720. The summed E-state index contributed by atoms with van der Waals surface area (Å²) in [7, 11) is 0. The van der Waals surface area contributed by atoms with Gasteiger partial charge in [0, 0.05) is 0 Å². The van der Waals surface area contributed by atoms with Crippen LogP contribution in [-0.4, -0.2) is 0 Å². The van der Waals surface area contributed by atoms with Crippen LogP contribution in [0.1, 0.15) is 91.0 Å². The largest absolute Gasteiger partial charge is 0.204 e. The molecule has 0 bridgehead atoms. The zero-order valence-corrected chi connectivity index (χ0v) is 17.1. The lowest BCUT2D eigenvalue weighted by Gasteiger charge is -2.48. The maximum absolute atomic E-state index is 14.4. The van der Waals surface area contributed by atoms with Crippen LogP contribution in [0, 0.1) is 34.8 Å². The van der Waals surface area contributed by atoms with Gasteiger partial charge in [-0.2, -0.15) is 0 Å². The molecule has 0 N–H and O–H groups in total. The first-order valence-electron chi connectivity index (χ1n) is 10.7. The lowest BCUT2D eigenvalue weighted by molar-refractivity contribution is 0.0381. The van der Waals surface area contributed by atoms with Gasteiger partial charge in [0.25, 0.3) is 0 Å². The Morgan fingerprint density at radius 2 is 1.27 bits per heavy atom.